The molecule has 6 heteroatoms. The summed E-state index contributed by atoms with van der Waals surface area (Å²) in [6.07, 6.45) is 1.61. The van der Waals surface area contributed by atoms with Crippen molar-refractivity contribution < 1.29 is 5.21 Å². The normalized spacial score (nSPS) is 11.4. The van der Waals surface area contributed by atoms with Gasteiger partial charge >= 0.3 is 0 Å². The summed E-state index contributed by atoms with van der Waals surface area (Å²) in [6, 6.07) is 11.2. The Hall–Kier alpha value is -2.27. The first-order chi connectivity index (χ1) is 9.60. The van der Waals surface area contributed by atoms with E-state index in [1.807, 2.05) is 36.2 Å². The molecule has 0 bridgehead atoms. The van der Waals surface area contributed by atoms with E-state index in [4.69, 9.17) is 22.5 Å². The predicted octanol–water partition coefficient (Wildman–Crippen LogP) is 2.47. The van der Waals surface area contributed by atoms with Gasteiger partial charge in [-0.05, 0) is 23.8 Å². The van der Waals surface area contributed by atoms with Crippen molar-refractivity contribution in [3.8, 4) is 0 Å². The second-order valence-corrected chi connectivity index (χ2v) is 4.81. The summed E-state index contributed by atoms with van der Waals surface area (Å²) >= 11 is 5.82. The maximum absolute atomic E-state index is 8.70. The van der Waals surface area contributed by atoms with Crippen LogP contribution in [0.5, 0.6) is 0 Å². The van der Waals surface area contributed by atoms with Crippen LogP contribution in [0.4, 0.5) is 5.82 Å². The average molecular weight is 291 g/mol. The number of aromatic nitrogens is 1. The van der Waals surface area contributed by atoms with Gasteiger partial charge in [-0.15, -0.1) is 0 Å². The van der Waals surface area contributed by atoms with Crippen LogP contribution in [0.25, 0.3) is 0 Å². The number of hydrogen-bond donors (Lipinski definition) is 2. The van der Waals surface area contributed by atoms with Crippen LogP contribution >= 0.6 is 11.6 Å². The second-order valence-electron chi connectivity index (χ2n) is 4.38. The quantitative estimate of drug-likeness (QED) is 0.393. The SMILES string of the molecule is CN(Cc1cccc(C(N)=NO)c1)c1ccc(Cl)cn1. The third-order valence-corrected chi connectivity index (χ3v) is 3.08. The van der Waals surface area contributed by atoms with Gasteiger partial charge in [-0.3, -0.25) is 0 Å². The fourth-order valence-corrected chi connectivity index (χ4v) is 1.95. The highest BCUT2D eigenvalue weighted by molar-refractivity contribution is 6.30. The molecule has 1 aromatic carbocycles. The highest BCUT2D eigenvalue weighted by Crippen LogP contribution is 2.16. The smallest absolute Gasteiger partial charge is 0.170 e. The lowest BCUT2D eigenvalue weighted by molar-refractivity contribution is 0.318. The Morgan fingerprint density at radius 2 is 2.20 bits per heavy atom. The third-order valence-electron chi connectivity index (χ3n) is 2.85. The van der Waals surface area contributed by atoms with Crippen molar-refractivity contribution in [2.75, 3.05) is 11.9 Å². The maximum atomic E-state index is 8.70. The van der Waals surface area contributed by atoms with Gasteiger partial charge in [-0.25, -0.2) is 4.98 Å². The van der Waals surface area contributed by atoms with Gasteiger partial charge in [0.25, 0.3) is 0 Å². The van der Waals surface area contributed by atoms with Crippen LogP contribution in [0.1, 0.15) is 11.1 Å². The molecule has 2 aromatic rings. The molecule has 0 atom stereocenters. The van der Waals surface area contributed by atoms with Crippen molar-refractivity contribution in [2.24, 2.45) is 10.9 Å². The Morgan fingerprint density at radius 3 is 2.85 bits per heavy atom. The highest BCUT2D eigenvalue weighted by atomic mass is 35.5. The standard InChI is InChI=1S/C14H15ClN4O/c1-19(13-6-5-12(15)8-17-13)9-10-3-2-4-11(7-10)14(16)18-20/h2-8,20H,9H2,1H3,(H2,16,18). The first kappa shape index (κ1) is 14.1. The Kier molecular flexibility index (Phi) is 4.42. The topological polar surface area (TPSA) is 74.7 Å². The van der Waals surface area contributed by atoms with Crippen molar-refractivity contribution in [3.63, 3.8) is 0 Å². The fourth-order valence-electron chi connectivity index (χ4n) is 1.84. The lowest BCUT2D eigenvalue weighted by Crippen LogP contribution is -2.18. The van der Waals surface area contributed by atoms with Gasteiger partial charge in [0, 0.05) is 25.4 Å². The molecule has 0 aliphatic carbocycles. The van der Waals surface area contributed by atoms with Crippen LogP contribution in [0.2, 0.25) is 5.02 Å². The van der Waals surface area contributed by atoms with Crippen molar-refractivity contribution in [2.45, 2.75) is 6.54 Å². The average Bonchev–Trinajstić information content (AvgIpc) is 2.47. The molecule has 0 aliphatic rings. The molecule has 0 fully saturated rings. The van der Waals surface area contributed by atoms with Crippen LogP contribution in [0, 0.1) is 0 Å². The summed E-state index contributed by atoms with van der Waals surface area (Å²) in [5.41, 5.74) is 7.30. The number of halogens is 1. The summed E-state index contributed by atoms with van der Waals surface area (Å²) in [5.74, 6) is 0.919. The largest absolute Gasteiger partial charge is 0.409 e. The second kappa shape index (κ2) is 6.25. The summed E-state index contributed by atoms with van der Waals surface area (Å²) in [7, 11) is 1.94. The molecule has 0 radical (unpaired) electrons. The molecule has 0 saturated heterocycles. The Morgan fingerprint density at radius 1 is 1.40 bits per heavy atom. The summed E-state index contributed by atoms with van der Waals surface area (Å²) in [5, 5.41) is 12.3. The van der Waals surface area contributed by atoms with Crippen LogP contribution in [-0.4, -0.2) is 23.1 Å². The Bertz CT molecular complexity index is 613. The minimum absolute atomic E-state index is 0.0964. The van der Waals surface area contributed by atoms with Crippen LogP contribution in [0.15, 0.2) is 47.8 Å². The number of anilines is 1. The van der Waals surface area contributed by atoms with Gasteiger partial charge < -0.3 is 15.8 Å². The summed E-state index contributed by atoms with van der Waals surface area (Å²) < 4.78 is 0. The van der Waals surface area contributed by atoms with Gasteiger partial charge in [0.15, 0.2) is 5.84 Å². The zero-order chi connectivity index (χ0) is 14.5. The summed E-state index contributed by atoms with van der Waals surface area (Å²) in [4.78, 5) is 6.24. The van der Waals surface area contributed by atoms with Crippen molar-refractivity contribution in [3.05, 3.63) is 58.7 Å². The number of amidine groups is 1. The molecule has 0 amide bonds. The molecule has 1 heterocycles. The molecule has 0 saturated carbocycles. The van der Waals surface area contributed by atoms with E-state index in [-0.39, 0.29) is 5.84 Å². The number of nitrogens with zero attached hydrogens (tertiary/aromatic N) is 3. The van der Waals surface area contributed by atoms with E-state index in [1.165, 1.54) is 0 Å². The van der Waals surface area contributed by atoms with Gasteiger partial charge in [-0.2, -0.15) is 0 Å². The van der Waals surface area contributed by atoms with E-state index in [0.29, 0.717) is 17.1 Å². The number of rotatable bonds is 4. The molecule has 0 aliphatic heterocycles. The number of pyridine rings is 1. The van der Waals surface area contributed by atoms with Gasteiger partial charge in [0.05, 0.1) is 5.02 Å². The molecule has 3 N–H and O–H groups in total. The minimum atomic E-state index is 0.0964. The zero-order valence-electron chi connectivity index (χ0n) is 11.0. The Labute approximate surface area is 122 Å². The van der Waals surface area contributed by atoms with Crippen molar-refractivity contribution in [1.82, 2.24) is 4.98 Å². The van der Waals surface area contributed by atoms with Crippen LogP contribution in [-0.2, 0) is 6.54 Å². The zero-order valence-corrected chi connectivity index (χ0v) is 11.7. The fraction of sp³-hybridized carbons (Fsp3) is 0.143. The molecule has 20 heavy (non-hydrogen) atoms. The van der Waals surface area contributed by atoms with E-state index in [2.05, 4.69) is 10.1 Å². The molecular weight excluding hydrogens is 276 g/mol. The monoisotopic (exact) mass is 290 g/mol. The lowest BCUT2D eigenvalue weighted by Gasteiger charge is -2.18. The van der Waals surface area contributed by atoms with Gasteiger partial charge in [0.2, 0.25) is 0 Å². The first-order valence-electron chi connectivity index (χ1n) is 5.99. The third kappa shape index (κ3) is 3.39. The molecule has 0 spiro atoms. The van der Waals surface area contributed by atoms with Crippen LogP contribution in [0.3, 0.4) is 0 Å². The van der Waals surface area contributed by atoms with Crippen LogP contribution < -0.4 is 10.6 Å². The number of nitrogens with two attached hydrogens (primary N) is 1. The lowest BCUT2D eigenvalue weighted by atomic mass is 10.1. The molecule has 0 unspecified atom stereocenters. The highest BCUT2D eigenvalue weighted by Gasteiger charge is 2.05. The molecule has 2 rings (SSSR count). The van der Waals surface area contributed by atoms with Gasteiger partial charge in [0.1, 0.15) is 5.82 Å². The van der Waals surface area contributed by atoms with Crippen molar-refractivity contribution >= 4 is 23.3 Å². The molecular formula is C14H15ClN4O. The molecule has 104 valence electrons. The maximum Gasteiger partial charge on any atom is 0.170 e. The van der Waals surface area contributed by atoms with E-state index >= 15 is 0 Å². The molecule has 1 aromatic heterocycles. The predicted molar refractivity (Wildman–Crippen MR) is 80.3 cm³/mol. The number of oxime groups is 1. The van der Waals surface area contributed by atoms with Crippen molar-refractivity contribution in [1.29, 1.82) is 0 Å². The van der Waals surface area contributed by atoms with E-state index < -0.39 is 0 Å². The van der Waals surface area contributed by atoms with E-state index in [0.717, 1.165) is 11.4 Å². The first-order valence-corrected chi connectivity index (χ1v) is 6.37. The van der Waals surface area contributed by atoms with E-state index in [1.54, 1.807) is 18.3 Å². The van der Waals surface area contributed by atoms with Gasteiger partial charge in [-0.1, -0.05) is 35.0 Å². The van der Waals surface area contributed by atoms with E-state index in [9.17, 15) is 0 Å². The molecule has 5 nitrogen and oxygen atoms in total. The number of benzene rings is 1. The number of hydrogen-bond acceptors (Lipinski definition) is 4. The Balaban J connectivity index is 2.15. The minimum Gasteiger partial charge on any atom is -0.409 e. The summed E-state index contributed by atoms with van der Waals surface area (Å²) in [6.45, 7) is 0.654.